The van der Waals surface area contributed by atoms with Gasteiger partial charge in [0.1, 0.15) is 6.61 Å². The first-order chi connectivity index (χ1) is 11.8. The first-order valence-corrected chi connectivity index (χ1v) is 8.08. The van der Waals surface area contributed by atoms with E-state index in [9.17, 15) is 0 Å². The van der Waals surface area contributed by atoms with Gasteiger partial charge >= 0.3 is 0 Å². The minimum atomic E-state index is 0.0288. The Labute approximate surface area is 145 Å². The van der Waals surface area contributed by atoms with Crippen molar-refractivity contribution in [3.8, 4) is 5.88 Å². The number of aromatic nitrogens is 1. The molecule has 0 radical (unpaired) electrons. The molecule has 1 aromatic heterocycles. The van der Waals surface area contributed by atoms with Gasteiger partial charge < -0.3 is 19.3 Å². The summed E-state index contributed by atoms with van der Waals surface area (Å²) in [4.78, 5) is 0. The number of benzene rings is 2. The van der Waals surface area contributed by atoms with Gasteiger partial charge in [0.15, 0.2) is 5.58 Å². The molecular formula is C18H19ClN2O3. The third-order valence-corrected chi connectivity index (χ3v) is 3.86. The Morgan fingerprint density at radius 3 is 2.79 bits per heavy atom. The van der Waals surface area contributed by atoms with Crippen molar-refractivity contribution in [1.82, 2.24) is 10.5 Å². The van der Waals surface area contributed by atoms with Crippen LogP contribution in [0.25, 0.3) is 11.0 Å². The average molecular weight is 347 g/mol. The molecule has 24 heavy (non-hydrogen) atoms. The van der Waals surface area contributed by atoms with Gasteiger partial charge in [-0.2, -0.15) is 0 Å². The second kappa shape index (κ2) is 8.15. The molecule has 0 spiro atoms. The summed E-state index contributed by atoms with van der Waals surface area (Å²) < 4.78 is 16.3. The van der Waals surface area contributed by atoms with Crippen LogP contribution in [0.2, 0.25) is 5.02 Å². The van der Waals surface area contributed by atoms with Crippen molar-refractivity contribution in [2.45, 2.75) is 12.6 Å². The van der Waals surface area contributed by atoms with Crippen LogP contribution in [0.15, 0.2) is 53.1 Å². The Balaban J connectivity index is 1.61. The summed E-state index contributed by atoms with van der Waals surface area (Å²) in [6, 6.07) is 15.5. The molecule has 0 amide bonds. The van der Waals surface area contributed by atoms with Crippen LogP contribution >= 0.6 is 11.6 Å². The second-order valence-corrected chi connectivity index (χ2v) is 5.89. The minimum absolute atomic E-state index is 0.0288. The number of nitrogens with zero attached hydrogens (tertiary/aromatic N) is 1. The highest BCUT2D eigenvalue weighted by Gasteiger charge is 2.14. The lowest BCUT2D eigenvalue weighted by Gasteiger charge is -2.17. The topological polar surface area (TPSA) is 56.5 Å². The second-order valence-electron chi connectivity index (χ2n) is 5.46. The fraction of sp³-hybridized carbons (Fsp3) is 0.278. The largest absolute Gasteiger partial charge is 0.473 e. The molecule has 0 aliphatic heterocycles. The molecule has 0 saturated heterocycles. The van der Waals surface area contributed by atoms with Crippen LogP contribution in [0, 0.1) is 0 Å². The van der Waals surface area contributed by atoms with Crippen LogP contribution in [-0.2, 0) is 11.3 Å². The monoisotopic (exact) mass is 346 g/mol. The molecule has 0 fully saturated rings. The van der Waals surface area contributed by atoms with Gasteiger partial charge in [0.05, 0.1) is 18.0 Å². The van der Waals surface area contributed by atoms with E-state index in [-0.39, 0.29) is 6.04 Å². The Morgan fingerprint density at radius 2 is 2.00 bits per heavy atom. The van der Waals surface area contributed by atoms with E-state index < -0.39 is 0 Å². The van der Waals surface area contributed by atoms with Gasteiger partial charge in [-0.3, -0.25) is 0 Å². The van der Waals surface area contributed by atoms with E-state index in [1.54, 1.807) is 25.3 Å². The average Bonchev–Trinajstić information content (AvgIpc) is 3.00. The van der Waals surface area contributed by atoms with Crippen LogP contribution in [0.1, 0.15) is 5.56 Å². The summed E-state index contributed by atoms with van der Waals surface area (Å²) in [5.41, 5.74) is 1.85. The van der Waals surface area contributed by atoms with E-state index in [0.29, 0.717) is 29.7 Å². The smallest absolute Gasteiger partial charge is 0.262 e. The predicted molar refractivity (Wildman–Crippen MR) is 93.5 cm³/mol. The molecule has 1 N–H and O–H groups in total. The first-order valence-electron chi connectivity index (χ1n) is 7.70. The van der Waals surface area contributed by atoms with Gasteiger partial charge in [-0.05, 0) is 28.9 Å². The lowest BCUT2D eigenvalue weighted by molar-refractivity contribution is 0.132. The van der Waals surface area contributed by atoms with Gasteiger partial charge in [0.25, 0.3) is 5.88 Å². The van der Waals surface area contributed by atoms with Gasteiger partial charge in [0, 0.05) is 18.7 Å². The summed E-state index contributed by atoms with van der Waals surface area (Å²) >= 11 is 6.02. The number of hydrogen-bond donors (Lipinski definition) is 1. The highest BCUT2D eigenvalue weighted by Crippen LogP contribution is 2.27. The molecule has 1 unspecified atom stereocenters. The molecular weight excluding hydrogens is 328 g/mol. The van der Waals surface area contributed by atoms with Crippen molar-refractivity contribution in [3.63, 3.8) is 0 Å². The number of hydrogen-bond acceptors (Lipinski definition) is 5. The zero-order chi connectivity index (χ0) is 16.8. The Kier molecular flexibility index (Phi) is 5.69. The van der Waals surface area contributed by atoms with Crippen molar-refractivity contribution in [2.75, 3.05) is 20.3 Å². The molecule has 6 heteroatoms. The Bertz CT molecular complexity index is 776. The molecule has 3 rings (SSSR count). The van der Waals surface area contributed by atoms with Crippen LogP contribution < -0.4 is 10.1 Å². The van der Waals surface area contributed by atoms with E-state index in [2.05, 4.69) is 22.6 Å². The first kappa shape index (κ1) is 16.8. The molecule has 3 aromatic rings. The number of nitrogens with one attached hydrogen (secondary N) is 1. The molecule has 0 aliphatic rings. The summed E-state index contributed by atoms with van der Waals surface area (Å²) in [7, 11) is 1.67. The van der Waals surface area contributed by atoms with Crippen molar-refractivity contribution < 1.29 is 14.0 Å². The zero-order valence-corrected chi connectivity index (χ0v) is 14.1. The molecule has 0 saturated carbocycles. The summed E-state index contributed by atoms with van der Waals surface area (Å²) in [5, 5.41) is 8.77. The molecule has 126 valence electrons. The standard InChI is InChI=1S/C18H19ClN2O3/c1-22-11-15(20-10-13-5-3-2-4-6-13)12-23-18-16-9-14(19)7-8-17(16)24-21-18/h2-9,15,20H,10-12H2,1H3. The van der Waals surface area contributed by atoms with Crippen molar-refractivity contribution in [2.24, 2.45) is 0 Å². The van der Waals surface area contributed by atoms with Gasteiger partial charge in [0.2, 0.25) is 0 Å². The van der Waals surface area contributed by atoms with E-state index in [1.165, 1.54) is 5.56 Å². The van der Waals surface area contributed by atoms with Crippen LogP contribution in [0.4, 0.5) is 0 Å². The van der Waals surface area contributed by atoms with Crippen LogP contribution in [-0.4, -0.2) is 31.5 Å². The van der Waals surface area contributed by atoms with Crippen molar-refractivity contribution >= 4 is 22.6 Å². The quantitative estimate of drug-likeness (QED) is 0.674. The van der Waals surface area contributed by atoms with Crippen molar-refractivity contribution in [3.05, 3.63) is 59.1 Å². The van der Waals surface area contributed by atoms with Gasteiger partial charge in [-0.25, -0.2) is 0 Å². The maximum Gasteiger partial charge on any atom is 0.262 e. The highest BCUT2D eigenvalue weighted by atomic mass is 35.5. The lowest BCUT2D eigenvalue weighted by Crippen LogP contribution is -2.38. The highest BCUT2D eigenvalue weighted by molar-refractivity contribution is 6.31. The molecule has 0 bridgehead atoms. The van der Waals surface area contributed by atoms with Crippen LogP contribution in [0.3, 0.4) is 0 Å². The van der Waals surface area contributed by atoms with Gasteiger partial charge in [-0.1, -0.05) is 41.9 Å². The van der Waals surface area contributed by atoms with E-state index >= 15 is 0 Å². The predicted octanol–water partition coefficient (Wildman–Crippen LogP) is 3.66. The maximum atomic E-state index is 6.02. The maximum absolute atomic E-state index is 6.02. The third-order valence-electron chi connectivity index (χ3n) is 3.63. The summed E-state index contributed by atoms with van der Waals surface area (Å²) in [6.45, 7) is 1.68. The minimum Gasteiger partial charge on any atom is -0.473 e. The van der Waals surface area contributed by atoms with E-state index in [1.807, 2.05) is 18.2 Å². The number of halogens is 1. The Hall–Kier alpha value is -2.08. The molecule has 2 aromatic carbocycles. The number of ether oxygens (including phenoxy) is 2. The third kappa shape index (κ3) is 4.26. The SMILES string of the molecule is COCC(COc1noc2ccc(Cl)cc12)NCc1ccccc1. The fourth-order valence-corrected chi connectivity index (χ4v) is 2.57. The molecule has 1 heterocycles. The number of methoxy groups -OCH3 is 1. The number of fused-ring (bicyclic) bond motifs is 1. The van der Waals surface area contributed by atoms with E-state index in [0.717, 1.165) is 11.9 Å². The summed E-state index contributed by atoms with van der Waals surface area (Å²) in [5.74, 6) is 0.440. The normalized spacial score (nSPS) is 12.4. The summed E-state index contributed by atoms with van der Waals surface area (Å²) in [6.07, 6.45) is 0. The van der Waals surface area contributed by atoms with Gasteiger partial charge in [-0.15, -0.1) is 0 Å². The van der Waals surface area contributed by atoms with Crippen molar-refractivity contribution in [1.29, 1.82) is 0 Å². The molecule has 0 aliphatic carbocycles. The molecule has 1 atom stereocenters. The zero-order valence-electron chi connectivity index (χ0n) is 13.4. The Morgan fingerprint density at radius 1 is 1.17 bits per heavy atom. The molecule has 5 nitrogen and oxygen atoms in total. The van der Waals surface area contributed by atoms with Crippen LogP contribution in [0.5, 0.6) is 5.88 Å². The van der Waals surface area contributed by atoms with E-state index in [4.69, 9.17) is 25.6 Å². The number of rotatable bonds is 8. The lowest BCUT2D eigenvalue weighted by atomic mass is 10.2. The fourth-order valence-electron chi connectivity index (χ4n) is 2.40.